The zero-order valence-electron chi connectivity index (χ0n) is 14.6. The molecule has 26 heavy (non-hydrogen) atoms. The van der Waals surface area contributed by atoms with Gasteiger partial charge in [0.2, 0.25) is 5.91 Å². The van der Waals surface area contributed by atoms with Crippen molar-refractivity contribution in [2.75, 3.05) is 26.2 Å². The van der Waals surface area contributed by atoms with E-state index in [9.17, 15) is 14.4 Å². The molecule has 0 aliphatic carbocycles. The van der Waals surface area contributed by atoms with Crippen molar-refractivity contribution in [1.82, 2.24) is 10.2 Å². The largest absolute Gasteiger partial charge is 0.422 e. The first-order chi connectivity index (χ1) is 12.5. The first kappa shape index (κ1) is 18.1. The maximum Gasteiger partial charge on any atom is 0.349 e. The molecule has 0 atom stereocenters. The molecule has 2 aromatic rings. The normalized spacial score (nSPS) is 15.8. The first-order valence-electron chi connectivity index (χ1n) is 8.87. The van der Waals surface area contributed by atoms with Crippen LogP contribution in [0.15, 0.2) is 39.5 Å². The zero-order chi connectivity index (χ0) is 18.5. The van der Waals surface area contributed by atoms with Gasteiger partial charge in [0.1, 0.15) is 11.1 Å². The molecular weight excluding hydrogens is 334 g/mol. The number of hydrogen-bond acceptors (Lipinski definition) is 5. The van der Waals surface area contributed by atoms with Crippen molar-refractivity contribution in [2.24, 2.45) is 11.7 Å². The molecule has 0 bridgehead atoms. The molecule has 3 rings (SSSR count). The molecule has 7 nitrogen and oxygen atoms in total. The van der Waals surface area contributed by atoms with Gasteiger partial charge in [-0.2, -0.15) is 0 Å². The Morgan fingerprint density at radius 1 is 1.23 bits per heavy atom. The number of nitrogens with one attached hydrogen (secondary N) is 1. The molecule has 0 unspecified atom stereocenters. The van der Waals surface area contributed by atoms with Crippen LogP contribution in [0, 0.1) is 5.92 Å². The van der Waals surface area contributed by atoms with Gasteiger partial charge in [-0.1, -0.05) is 18.2 Å². The highest BCUT2D eigenvalue weighted by molar-refractivity contribution is 5.96. The predicted octanol–water partition coefficient (Wildman–Crippen LogP) is 1.11. The second kappa shape index (κ2) is 8.14. The molecule has 1 aliphatic rings. The van der Waals surface area contributed by atoms with Crippen LogP contribution < -0.4 is 16.7 Å². The van der Waals surface area contributed by atoms with E-state index in [1.807, 2.05) is 6.07 Å². The lowest BCUT2D eigenvalue weighted by Gasteiger charge is -2.30. The molecule has 2 heterocycles. The van der Waals surface area contributed by atoms with Crippen LogP contribution in [0.25, 0.3) is 11.0 Å². The Labute approximate surface area is 151 Å². The highest BCUT2D eigenvalue weighted by Gasteiger charge is 2.22. The Bertz CT molecular complexity index is 853. The summed E-state index contributed by atoms with van der Waals surface area (Å²) in [6.07, 6.45) is 2.35. The van der Waals surface area contributed by atoms with E-state index in [2.05, 4.69) is 10.2 Å². The molecule has 3 N–H and O–H groups in total. The van der Waals surface area contributed by atoms with E-state index in [1.54, 1.807) is 24.3 Å². The average Bonchev–Trinajstić information content (AvgIpc) is 2.64. The SMILES string of the molecule is NC(=O)C1CCN(CCCNC(=O)c2cc3ccccc3oc2=O)CC1. The maximum atomic E-state index is 12.2. The quantitative estimate of drug-likeness (QED) is 0.595. The molecule has 0 radical (unpaired) electrons. The lowest BCUT2D eigenvalue weighted by atomic mass is 9.96. The number of piperidine rings is 1. The topological polar surface area (TPSA) is 106 Å². The first-order valence-corrected chi connectivity index (χ1v) is 8.87. The molecule has 1 aromatic heterocycles. The summed E-state index contributed by atoms with van der Waals surface area (Å²) >= 11 is 0. The molecule has 0 saturated carbocycles. The number of carbonyl (C=O) groups is 2. The number of nitrogens with zero attached hydrogens (tertiary/aromatic N) is 1. The average molecular weight is 357 g/mol. The Hall–Kier alpha value is -2.67. The summed E-state index contributed by atoms with van der Waals surface area (Å²) in [6.45, 7) is 2.99. The van der Waals surface area contributed by atoms with Crippen LogP contribution in [0.3, 0.4) is 0 Å². The number of benzene rings is 1. The fourth-order valence-electron chi connectivity index (χ4n) is 3.26. The second-order valence-corrected chi connectivity index (χ2v) is 6.61. The third kappa shape index (κ3) is 4.29. The van der Waals surface area contributed by atoms with Crippen molar-refractivity contribution < 1.29 is 14.0 Å². The number of carbonyl (C=O) groups excluding carboxylic acids is 2. The van der Waals surface area contributed by atoms with Gasteiger partial charge in [-0.25, -0.2) is 4.79 Å². The van der Waals surface area contributed by atoms with Crippen LogP contribution in [-0.4, -0.2) is 42.9 Å². The van der Waals surface area contributed by atoms with Crippen LogP contribution in [0.5, 0.6) is 0 Å². The van der Waals surface area contributed by atoms with Crippen molar-refractivity contribution in [3.05, 3.63) is 46.3 Å². The number of amides is 2. The van der Waals surface area contributed by atoms with E-state index in [0.717, 1.165) is 44.3 Å². The molecule has 1 saturated heterocycles. The summed E-state index contributed by atoms with van der Waals surface area (Å²) < 4.78 is 5.18. The lowest BCUT2D eigenvalue weighted by molar-refractivity contribution is -0.123. The highest BCUT2D eigenvalue weighted by atomic mass is 16.4. The van der Waals surface area contributed by atoms with Crippen molar-refractivity contribution >= 4 is 22.8 Å². The number of primary amides is 1. The fraction of sp³-hybridized carbons (Fsp3) is 0.421. The third-order valence-electron chi connectivity index (χ3n) is 4.81. The van der Waals surface area contributed by atoms with Crippen LogP contribution >= 0.6 is 0 Å². The molecule has 1 aromatic carbocycles. The van der Waals surface area contributed by atoms with Crippen LogP contribution in [0.2, 0.25) is 0 Å². The molecule has 1 aliphatic heterocycles. The Morgan fingerprint density at radius 2 is 1.96 bits per heavy atom. The summed E-state index contributed by atoms with van der Waals surface area (Å²) in [7, 11) is 0. The van der Waals surface area contributed by atoms with Gasteiger partial charge in [0.05, 0.1) is 0 Å². The van der Waals surface area contributed by atoms with E-state index in [4.69, 9.17) is 10.2 Å². The van der Waals surface area contributed by atoms with Gasteiger partial charge in [0, 0.05) is 17.8 Å². The second-order valence-electron chi connectivity index (χ2n) is 6.61. The number of rotatable bonds is 6. The predicted molar refractivity (Wildman–Crippen MR) is 97.8 cm³/mol. The van der Waals surface area contributed by atoms with Gasteiger partial charge in [-0.15, -0.1) is 0 Å². The number of fused-ring (bicyclic) bond motifs is 1. The van der Waals surface area contributed by atoms with E-state index in [-0.39, 0.29) is 17.4 Å². The minimum absolute atomic E-state index is 0.0157. The Kier molecular flexibility index (Phi) is 5.68. The minimum Gasteiger partial charge on any atom is -0.422 e. The minimum atomic E-state index is -0.630. The number of para-hydroxylation sites is 1. The number of likely N-dealkylation sites (tertiary alicyclic amines) is 1. The van der Waals surface area contributed by atoms with E-state index in [1.165, 1.54) is 0 Å². The molecule has 2 amide bonds. The highest BCUT2D eigenvalue weighted by Crippen LogP contribution is 2.16. The monoisotopic (exact) mass is 357 g/mol. The van der Waals surface area contributed by atoms with Gasteiger partial charge in [0.15, 0.2) is 0 Å². The van der Waals surface area contributed by atoms with Gasteiger partial charge in [-0.05, 0) is 51.0 Å². The molecule has 138 valence electrons. The Balaban J connectivity index is 1.47. The summed E-state index contributed by atoms with van der Waals surface area (Å²) in [5.74, 6) is -0.652. The van der Waals surface area contributed by atoms with Crippen molar-refractivity contribution in [3.8, 4) is 0 Å². The van der Waals surface area contributed by atoms with E-state index >= 15 is 0 Å². The summed E-state index contributed by atoms with van der Waals surface area (Å²) in [6, 6.07) is 8.65. The molecular formula is C19H23N3O4. The summed E-state index contributed by atoms with van der Waals surface area (Å²) in [5.41, 5.74) is 5.19. The molecule has 7 heteroatoms. The molecule has 0 spiro atoms. The van der Waals surface area contributed by atoms with Gasteiger partial charge in [0.25, 0.3) is 5.91 Å². The zero-order valence-corrected chi connectivity index (χ0v) is 14.6. The van der Waals surface area contributed by atoms with Crippen LogP contribution in [-0.2, 0) is 4.79 Å². The van der Waals surface area contributed by atoms with Crippen LogP contribution in [0.4, 0.5) is 0 Å². The van der Waals surface area contributed by atoms with Crippen molar-refractivity contribution in [1.29, 1.82) is 0 Å². The lowest BCUT2D eigenvalue weighted by Crippen LogP contribution is -2.39. The van der Waals surface area contributed by atoms with Gasteiger partial charge < -0.3 is 20.4 Å². The smallest absolute Gasteiger partial charge is 0.349 e. The van der Waals surface area contributed by atoms with Crippen LogP contribution in [0.1, 0.15) is 29.6 Å². The fourth-order valence-corrected chi connectivity index (χ4v) is 3.26. The summed E-state index contributed by atoms with van der Waals surface area (Å²) in [5, 5.41) is 3.49. The van der Waals surface area contributed by atoms with E-state index < -0.39 is 11.5 Å². The van der Waals surface area contributed by atoms with Gasteiger partial charge >= 0.3 is 5.63 Å². The van der Waals surface area contributed by atoms with E-state index in [0.29, 0.717) is 12.1 Å². The molecule has 1 fully saturated rings. The number of nitrogens with two attached hydrogens (primary N) is 1. The van der Waals surface area contributed by atoms with Crippen molar-refractivity contribution in [3.63, 3.8) is 0 Å². The Morgan fingerprint density at radius 3 is 2.69 bits per heavy atom. The maximum absolute atomic E-state index is 12.2. The summed E-state index contributed by atoms with van der Waals surface area (Å²) in [4.78, 5) is 37.6. The number of hydrogen-bond donors (Lipinski definition) is 2. The van der Waals surface area contributed by atoms with Crippen molar-refractivity contribution in [2.45, 2.75) is 19.3 Å². The van der Waals surface area contributed by atoms with Gasteiger partial charge in [-0.3, -0.25) is 9.59 Å². The third-order valence-corrected chi connectivity index (χ3v) is 4.81. The standard InChI is InChI=1S/C19H23N3O4/c20-17(23)13-6-10-22(11-7-13)9-3-8-21-18(24)15-12-14-4-1-2-5-16(14)26-19(15)25/h1-2,4-5,12-13H,3,6-11H2,(H2,20,23)(H,21,24).